The van der Waals surface area contributed by atoms with E-state index in [1.165, 1.54) is 4.88 Å². The van der Waals surface area contributed by atoms with Gasteiger partial charge in [-0.1, -0.05) is 6.07 Å². The van der Waals surface area contributed by atoms with E-state index < -0.39 is 4.92 Å². The predicted molar refractivity (Wildman–Crippen MR) is 88.0 cm³/mol. The van der Waals surface area contributed by atoms with Gasteiger partial charge in [-0.15, -0.1) is 11.3 Å². The van der Waals surface area contributed by atoms with Crippen LogP contribution in [0.4, 0.5) is 11.4 Å². The van der Waals surface area contributed by atoms with E-state index in [1.807, 2.05) is 13.8 Å². The summed E-state index contributed by atoms with van der Waals surface area (Å²) < 4.78 is 5.34. The highest BCUT2D eigenvalue weighted by Crippen LogP contribution is 2.34. The number of thiazole rings is 1. The van der Waals surface area contributed by atoms with Crippen LogP contribution in [-0.4, -0.2) is 23.1 Å². The molecule has 0 aliphatic carbocycles. The summed E-state index contributed by atoms with van der Waals surface area (Å²) in [5, 5.41) is 15.5. The van der Waals surface area contributed by atoms with Crippen molar-refractivity contribution in [1.29, 1.82) is 0 Å². The van der Waals surface area contributed by atoms with Gasteiger partial charge < -0.3 is 10.1 Å². The molecule has 6 nitrogen and oxygen atoms in total. The lowest BCUT2D eigenvalue weighted by Gasteiger charge is -2.10. The Morgan fingerprint density at radius 3 is 2.77 bits per heavy atom. The van der Waals surface area contributed by atoms with Crippen molar-refractivity contribution in [3.8, 4) is 5.75 Å². The van der Waals surface area contributed by atoms with Crippen LogP contribution >= 0.6 is 11.3 Å². The summed E-state index contributed by atoms with van der Waals surface area (Å²) in [6, 6.07) is 5.07. The van der Waals surface area contributed by atoms with E-state index in [-0.39, 0.29) is 5.69 Å². The first-order valence-corrected chi connectivity index (χ1v) is 7.91. The van der Waals surface area contributed by atoms with Crippen LogP contribution in [-0.2, 0) is 6.42 Å². The number of hydrogen-bond acceptors (Lipinski definition) is 6. The number of aryl methyl sites for hydroxylation is 2. The lowest BCUT2D eigenvalue weighted by atomic mass is 10.2. The Balaban J connectivity index is 2.10. The molecule has 1 N–H and O–H groups in total. The van der Waals surface area contributed by atoms with Crippen molar-refractivity contribution in [2.45, 2.75) is 27.2 Å². The molecule has 0 unspecified atom stereocenters. The Morgan fingerprint density at radius 1 is 1.41 bits per heavy atom. The van der Waals surface area contributed by atoms with Crippen molar-refractivity contribution < 1.29 is 9.66 Å². The second-order valence-electron chi connectivity index (χ2n) is 4.76. The van der Waals surface area contributed by atoms with Gasteiger partial charge in [-0.2, -0.15) is 0 Å². The van der Waals surface area contributed by atoms with Gasteiger partial charge >= 0.3 is 5.69 Å². The first kappa shape index (κ1) is 16.2. The molecule has 118 valence electrons. The summed E-state index contributed by atoms with van der Waals surface area (Å²) >= 11 is 1.66. The van der Waals surface area contributed by atoms with E-state index in [1.54, 1.807) is 36.5 Å². The maximum absolute atomic E-state index is 11.3. The van der Waals surface area contributed by atoms with Crippen LogP contribution in [0.15, 0.2) is 18.2 Å². The van der Waals surface area contributed by atoms with Gasteiger partial charge in [0.25, 0.3) is 0 Å². The Morgan fingerprint density at radius 2 is 2.18 bits per heavy atom. The number of hydrogen-bond donors (Lipinski definition) is 1. The molecule has 0 radical (unpaired) electrons. The SMILES string of the molecule is CCOc1cccc(NCCc2sc(C)nc2C)c1[N+](=O)[O-]. The fourth-order valence-corrected chi connectivity index (χ4v) is 3.18. The largest absolute Gasteiger partial charge is 0.487 e. The summed E-state index contributed by atoms with van der Waals surface area (Å²) in [4.78, 5) is 16.5. The third-order valence-electron chi connectivity index (χ3n) is 3.15. The Labute approximate surface area is 133 Å². The van der Waals surface area contributed by atoms with Crippen LogP contribution in [0.2, 0.25) is 0 Å². The molecule has 0 amide bonds. The van der Waals surface area contributed by atoms with Crippen molar-refractivity contribution in [3.63, 3.8) is 0 Å². The minimum atomic E-state index is -0.407. The van der Waals surface area contributed by atoms with E-state index in [0.29, 0.717) is 24.6 Å². The number of aromatic nitrogens is 1. The normalized spacial score (nSPS) is 10.5. The number of nitrogens with zero attached hydrogens (tertiary/aromatic N) is 2. The fraction of sp³-hybridized carbons (Fsp3) is 0.400. The van der Waals surface area contributed by atoms with Gasteiger partial charge in [-0.3, -0.25) is 10.1 Å². The molecule has 0 saturated heterocycles. The molecule has 0 atom stereocenters. The molecule has 22 heavy (non-hydrogen) atoms. The molecule has 2 aromatic rings. The van der Waals surface area contributed by atoms with Gasteiger partial charge in [0.15, 0.2) is 5.75 Å². The van der Waals surface area contributed by atoms with Gasteiger partial charge in [0, 0.05) is 17.8 Å². The van der Waals surface area contributed by atoms with E-state index in [9.17, 15) is 10.1 Å². The molecule has 0 saturated carbocycles. The number of ether oxygens (including phenoxy) is 1. The smallest absolute Gasteiger partial charge is 0.333 e. The lowest BCUT2D eigenvalue weighted by molar-refractivity contribution is -0.384. The minimum absolute atomic E-state index is 0.0124. The van der Waals surface area contributed by atoms with Crippen LogP contribution in [0.1, 0.15) is 22.5 Å². The molecule has 0 aliphatic rings. The van der Waals surface area contributed by atoms with Crippen LogP contribution in [0.5, 0.6) is 5.75 Å². The first-order valence-electron chi connectivity index (χ1n) is 7.10. The topological polar surface area (TPSA) is 77.3 Å². The van der Waals surface area contributed by atoms with Crippen molar-refractivity contribution in [2.75, 3.05) is 18.5 Å². The third kappa shape index (κ3) is 3.73. The van der Waals surface area contributed by atoms with Crippen LogP contribution < -0.4 is 10.1 Å². The first-order chi connectivity index (χ1) is 10.5. The standard InChI is InChI=1S/C15H19N3O3S/c1-4-21-13-7-5-6-12(15(13)18(19)20)16-9-8-14-10(2)17-11(3)22-14/h5-7,16H,4,8-9H2,1-3H3. The summed E-state index contributed by atoms with van der Waals surface area (Å²) in [7, 11) is 0. The molecule has 1 aromatic heterocycles. The van der Waals surface area contributed by atoms with Crippen LogP contribution in [0.25, 0.3) is 0 Å². The molecule has 7 heteroatoms. The summed E-state index contributed by atoms with van der Waals surface area (Å²) in [5.41, 5.74) is 1.50. The monoisotopic (exact) mass is 321 g/mol. The van der Waals surface area contributed by atoms with Crippen molar-refractivity contribution in [2.24, 2.45) is 0 Å². The van der Waals surface area contributed by atoms with E-state index in [4.69, 9.17) is 4.74 Å². The number of rotatable bonds is 7. The quantitative estimate of drug-likeness (QED) is 0.621. The van der Waals surface area contributed by atoms with Crippen LogP contribution in [0.3, 0.4) is 0 Å². The molecule has 1 heterocycles. The zero-order valence-electron chi connectivity index (χ0n) is 12.9. The highest BCUT2D eigenvalue weighted by molar-refractivity contribution is 7.11. The maximum Gasteiger partial charge on any atom is 0.333 e. The average molecular weight is 321 g/mol. The highest BCUT2D eigenvalue weighted by Gasteiger charge is 2.20. The predicted octanol–water partition coefficient (Wildman–Crippen LogP) is 3.72. The van der Waals surface area contributed by atoms with Gasteiger partial charge in [-0.25, -0.2) is 4.98 Å². The van der Waals surface area contributed by atoms with Crippen molar-refractivity contribution in [3.05, 3.63) is 43.9 Å². The molecule has 1 aromatic carbocycles. The zero-order chi connectivity index (χ0) is 16.1. The summed E-state index contributed by atoms with van der Waals surface area (Å²) in [5.74, 6) is 0.294. The number of anilines is 1. The summed E-state index contributed by atoms with van der Waals surface area (Å²) in [6.45, 7) is 6.77. The molecule has 0 aliphatic heterocycles. The van der Waals surface area contributed by atoms with E-state index in [2.05, 4.69) is 10.3 Å². The Kier molecular flexibility index (Phi) is 5.32. The number of nitro groups is 1. The van der Waals surface area contributed by atoms with Gasteiger partial charge in [0.1, 0.15) is 5.69 Å². The van der Waals surface area contributed by atoms with Gasteiger partial charge in [0.05, 0.1) is 22.2 Å². The van der Waals surface area contributed by atoms with Crippen LogP contribution in [0, 0.1) is 24.0 Å². The lowest BCUT2D eigenvalue weighted by Crippen LogP contribution is -2.08. The third-order valence-corrected chi connectivity index (χ3v) is 4.28. The Hall–Kier alpha value is -2.15. The molecule has 0 bridgehead atoms. The molecular weight excluding hydrogens is 302 g/mol. The Bertz CT molecular complexity index is 670. The van der Waals surface area contributed by atoms with Crippen molar-refractivity contribution in [1.82, 2.24) is 4.98 Å². The summed E-state index contributed by atoms with van der Waals surface area (Å²) in [6.07, 6.45) is 0.785. The minimum Gasteiger partial charge on any atom is -0.487 e. The molecule has 2 rings (SSSR count). The second kappa shape index (κ2) is 7.22. The van der Waals surface area contributed by atoms with Crippen molar-refractivity contribution >= 4 is 22.7 Å². The van der Waals surface area contributed by atoms with E-state index in [0.717, 1.165) is 17.1 Å². The fourth-order valence-electron chi connectivity index (χ4n) is 2.24. The number of nitrogens with one attached hydrogen (secondary N) is 1. The van der Waals surface area contributed by atoms with Gasteiger partial charge in [-0.05, 0) is 32.9 Å². The molecule has 0 fully saturated rings. The highest BCUT2D eigenvalue weighted by atomic mass is 32.1. The molecule has 0 spiro atoms. The number of benzene rings is 1. The zero-order valence-corrected chi connectivity index (χ0v) is 13.7. The maximum atomic E-state index is 11.3. The number of nitro benzene ring substituents is 1. The second-order valence-corrected chi connectivity index (χ2v) is 6.05. The average Bonchev–Trinajstić information content (AvgIpc) is 2.77. The van der Waals surface area contributed by atoms with Gasteiger partial charge in [0.2, 0.25) is 0 Å². The van der Waals surface area contributed by atoms with E-state index >= 15 is 0 Å². The number of para-hydroxylation sites is 1. The molecular formula is C15H19N3O3S.